The van der Waals surface area contributed by atoms with E-state index in [0.717, 1.165) is 11.8 Å². The lowest BCUT2D eigenvalue weighted by Gasteiger charge is -2.10. The van der Waals surface area contributed by atoms with Gasteiger partial charge >= 0.3 is 0 Å². The number of halogens is 1. The number of rotatable bonds is 7. The zero-order chi connectivity index (χ0) is 18.2. The normalized spacial score (nSPS) is 10.0. The average molecular weight is 346 g/mol. The quantitative estimate of drug-likeness (QED) is 0.807. The number of benzene rings is 2. The zero-order valence-electron chi connectivity index (χ0n) is 14.0. The smallest absolute Gasteiger partial charge is 0.262 e. The molecule has 0 atom stereocenters. The number of ether oxygens (including phenoxy) is 2. The van der Waals surface area contributed by atoms with Gasteiger partial charge in [-0.15, -0.1) is 0 Å². The standard InChI is InChI=1S/C18H19FN2O4/c1-3-24-14-5-7-15(8-6-14)25-11-18(23)21-13-4-9-16(19)17(10-13)20-12(2)22/h4-10H,3,11H2,1-2H3,(H,20,22)(H,21,23). The van der Waals surface area contributed by atoms with Crippen LogP contribution in [0.4, 0.5) is 15.8 Å². The van der Waals surface area contributed by atoms with Crippen LogP contribution in [0.25, 0.3) is 0 Å². The largest absolute Gasteiger partial charge is 0.494 e. The summed E-state index contributed by atoms with van der Waals surface area (Å²) in [7, 11) is 0. The molecule has 0 aliphatic rings. The lowest BCUT2D eigenvalue weighted by atomic mass is 10.2. The number of carbonyl (C=O) groups is 2. The van der Waals surface area contributed by atoms with E-state index in [1.54, 1.807) is 24.3 Å². The first-order chi connectivity index (χ1) is 12.0. The Morgan fingerprint density at radius 1 is 1.00 bits per heavy atom. The van der Waals surface area contributed by atoms with Crippen molar-refractivity contribution in [2.75, 3.05) is 23.8 Å². The van der Waals surface area contributed by atoms with E-state index in [4.69, 9.17) is 9.47 Å². The Morgan fingerprint density at radius 2 is 1.64 bits per heavy atom. The van der Waals surface area contributed by atoms with Gasteiger partial charge in [0.1, 0.15) is 17.3 Å². The molecule has 0 bridgehead atoms. The van der Waals surface area contributed by atoms with Crippen LogP contribution in [0.2, 0.25) is 0 Å². The molecule has 0 unspecified atom stereocenters. The van der Waals surface area contributed by atoms with E-state index in [1.807, 2.05) is 6.92 Å². The van der Waals surface area contributed by atoms with Crippen LogP contribution in [-0.2, 0) is 9.59 Å². The predicted molar refractivity (Wildman–Crippen MR) is 92.4 cm³/mol. The molecular weight excluding hydrogens is 327 g/mol. The fourth-order valence-corrected chi connectivity index (χ4v) is 2.03. The summed E-state index contributed by atoms with van der Waals surface area (Å²) in [6, 6.07) is 10.8. The summed E-state index contributed by atoms with van der Waals surface area (Å²) in [5.41, 5.74) is 0.350. The molecular formula is C18H19FN2O4. The molecule has 2 aromatic rings. The molecule has 0 saturated carbocycles. The predicted octanol–water partition coefficient (Wildman–Crippen LogP) is 3.20. The summed E-state index contributed by atoms with van der Waals surface area (Å²) < 4.78 is 24.3. The van der Waals surface area contributed by atoms with Crippen molar-refractivity contribution in [1.29, 1.82) is 0 Å². The van der Waals surface area contributed by atoms with Crippen molar-refractivity contribution in [2.24, 2.45) is 0 Å². The molecule has 0 aromatic heterocycles. The van der Waals surface area contributed by atoms with Gasteiger partial charge in [-0.1, -0.05) is 0 Å². The molecule has 0 saturated heterocycles. The Balaban J connectivity index is 1.90. The van der Waals surface area contributed by atoms with E-state index >= 15 is 0 Å². The summed E-state index contributed by atoms with van der Waals surface area (Å²) in [6.45, 7) is 3.53. The van der Waals surface area contributed by atoms with Crippen LogP contribution in [0.3, 0.4) is 0 Å². The highest BCUT2D eigenvalue weighted by molar-refractivity contribution is 5.94. The molecule has 2 rings (SSSR count). The van der Waals surface area contributed by atoms with Crippen LogP contribution in [0.5, 0.6) is 11.5 Å². The van der Waals surface area contributed by atoms with Gasteiger partial charge in [0.05, 0.1) is 12.3 Å². The number of hydrogen-bond donors (Lipinski definition) is 2. The monoisotopic (exact) mass is 346 g/mol. The van der Waals surface area contributed by atoms with E-state index in [0.29, 0.717) is 18.0 Å². The molecule has 25 heavy (non-hydrogen) atoms. The highest BCUT2D eigenvalue weighted by Crippen LogP contribution is 2.20. The minimum atomic E-state index is -0.584. The molecule has 0 aliphatic carbocycles. The van der Waals surface area contributed by atoms with Crippen LogP contribution < -0.4 is 20.1 Å². The number of nitrogens with one attached hydrogen (secondary N) is 2. The Hall–Kier alpha value is -3.09. The van der Waals surface area contributed by atoms with Gasteiger partial charge in [0.25, 0.3) is 5.91 Å². The zero-order valence-corrected chi connectivity index (χ0v) is 14.0. The molecule has 0 heterocycles. The maximum Gasteiger partial charge on any atom is 0.262 e. The third-order valence-corrected chi connectivity index (χ3v) is 3.07. The molecule has 132 valence electrons. The van der Waals surface area contributed by atoms with Gasteiger partial charge in [0, 0.05) is 12.6 Å². The maximum absolute atomic E-state index is 13.6. The second-order valence-corrected chi connectivity index (χ2v) is 5.12. The van der Waals surface area contributed by atoms with Crippen molar-refractivity contribution in [1.82, 2.24) is 0 Å². The lowest BCUT2D eigenvalue weighted by molar-refractivity contribution is -0.118. The molecule has 2 amide bonds. The molecule has 0 fully saturated rings. The number of carbonyl (C=O) groups excluding carboxylic acids is 2. The Bertz CT molecular complexity index is 747. The summed E-state index contributed by atoms with van der Waals surface area (Å²) in [5, 5.41) is 4.93. The SMILES string of the molecule is CCOc1ccc(OCC(=O)Nc2ccc(F)c(NC(C)=O)c2)cc1. The minimum absolute atomic E-state index is 0.00210. The van der Waals surface area contributed by atoms with Gasteiger partial charge in [-0.2, -0.15) is 0 Å². The second-order valence-electron chi connectivity index (χ2n) is 5.12. The molecule has 2 N–H and O–H groups in total. The van der Waals surface area contributed by atoms with Crippen LogP contribution >= 0.6 is 0 Å². The van der Waals surface area contributed by atoms with Gasteiger partial charge in [0.2, 0.25) is 5.91 Å². The van der Waals surface area contributed by atoms with E-state index in [-0.39, 0.29) is 12.3 Å². The Labute approximate surface area is 144 Å². The summed E-state index contributed by atoms with van der Waals surface area (Å²) in [6.07, 6.45) is 0. The van der Waals surface area contributed by atoms with Gasteiger partial charge in [-0.05, 0) is 49.4 Å². The molecule has 0 radical (unpaired) electrons. The first kappa shape index (κ1) is 18.3. The van der Waals surface area contributed by atoms with Crippen LogP contribution in [-0.4, -0.2) is 25.0 Å². The number of hydrogen-bond acceptors (Lipinski definition) is 4. The lowest BCUT2D eigenvalue weighted by Crippen LogP contribution is -2.20. The van der Waals surface area contributed by atoms with Crippen LogP contribution in [0, 0.1) is 5.82 Å². The fourth-order valence-electron chi connectivity index (χ4n) is 2.03. The second kappa shape index (κ2) is 8.68. The average Bonchev–Trinajstić information content (AvgIpc) is 2.57. The first-order valence-corrected chi connectivity index (χ1v) is 7.70. The summed E-state index contributed by atoms with van der Waals surface area (Å²) in [4.78, 5) is 23.0. The van der Waals surface area contributed by atoms with Crippen molar-refractivity contribution < 1.29 is 23.5 Å². The van der Waals surface area contributed by atoms with Gasteiger partial charge in [0.15, 0.2) is 6.61 Å². The van der Waals surface area contributed by atoms with Crippen molar-refractivity contribution in [3.8, 4) is 11.5 Å². The molecule has 0 aliphatic heterocycles. The van der Waals surface area contributed by atoms with Gasteiger partial charge in [-0.3, -0.25) is 9.59 Å². The first-order valence-electron chi connectivity index (χ1n) is 7.70. The van der Waals surface area contributed by atoms with Crippen molar-refractivity contribution in [2.45, 2.75) is 13.8 Å². The Morgan fingerprint density at radius 3 is 2.24 bits per heavy atom. The highest BCUT2D eigenvalue weighted by atomic mass is 19.1. The fraction of sp³-hybridized carbons (Fsp3) is 0.222. The van der Waals surface area contributed by atoms with Crippen molar-refractivity contribution in [3.63, 3.8) is 0 Å². The molecule has 0 spiro atoms. The minimum Gasteiger partial charge on any atom is -0.494 e. The summed E-state index contributed by atoms with van der Waals surface area (Å²) >= 11 is 0. The van der Waals surface area contributed by atoms with Gasteiger partial charge < -0.3 is 20.1 Å². The number of anilines is 2. The van der Waals surface area contributed by atoms with Crippen molar-refractivity contribution >= 4 is 23.2 Å². The number of amides is 2. The molecule has 7 heteroatoms. The van der Waals surface area contributed by atoms with Crippen LogP contribution in [0.1, 0.15) is 13.8 Å². The van der Waals surface area contributed by atoms with Gasteiger partial charge in [-0.25, -0.2) is 4.39 Å². The maximum atomic E-state index is 13.6. The summed E-state index contributed by atoms with van der Waals surface area (Å²) in [5.74, 6) is -0.151. The molecule has 6 nitrogen and oxygen atoms in total. The van der Waals surface area contributed by atoms with E-state index in [2.05, 4.69) is 10.6 Å². The Kier molecular flexibility index (Phi) is 6.33. The van der Waals surface area contributed by atoms with Crippen LogP contribution in [0.15, 0.2) is 42.5 Å². The van der Waals surface area contributed by atoms with Crippen molar-refractivity contribution in [3.05, 3.63) is 48.3 Å². The topological polar surface area (TPSA) is 76.7 Å². The highest BCUT2D eigenvalue weighted by Gasteiger charge is 2.08. The van der Waals surface area contributed by atoms with E-state index in [9.17, 15) is 14.0 Å². The third kappa shape index (κ3) is 5.80. The molecule has 2 aromatic carbocycles. The third-order valence-electron chi connectivity index (χ3n) is 3.07. The van der Waals surface area contributed by atoms with E-state index < -0.39 is 17.6 Å². The van der Waals surface area contributed by atoms with E-state index in [1.165, 1.54) is 19.1 Å².